The van der Waals surface area contributed by atoms with E-state index < -0.39 is 23.8 Å². The molecule has 8 heteroatoms. The van der Waals surface area contributed by atoms with Gasteiger partial charge in [0.2, 0.25) is 5.91 Å². The van der Waals surface area contributed by atoms with Crippen LogP contribution in [0.2, 0.25) is 0 Å². The first kappa shape index (κ1) is 18.1. The molecular formula is C18H21N3O5. The number of barbiturate groups is 1. The van der Waals surface area contributed by atoms with Crippen molar-refractivity contribution >= 4 is 29.2 Å². The van der Waals surface area contributed by atoms with Gasteiger partial charge in [-0.15, -0.1) is 0 Å². The van der Waals surface area contributed by atoms with Crippen LogP contribution in [0.1, 0.15) is 19.8 Å². The molecule has 3 rings (SSSR count). The van der Waals surface area contributed by atoms with Crippen molar-refractivity contribution < 1.29 is 23.9 Å². The largest absolute Gasteiger partial charge is 0.497 e. The van der Waals surface area contributed by atoms with Crippen molar-refractivity contribution in [3.8, 4) is 5.75 Å². The molecular weight excluding hydrogens is 338 g/mol. The van der Waals surface area contributed by atoms with Crippen LogP contribution in [0.3, 0.4) is 0 Å². The van der Waals surface area contributed by atoms with Crippen LogP contribution < -0.4 is 15.0 Å². The molecule has 2 fully saturated rings. The maximum absolute atomic E-state index is 12.8. The van der Waals surface area contributed by atoms with Crippen LogP contribution in [0.25, 0.3) is 0 Å². The second-order valence-electron chi connectivity index (χ2n) is 6.22. The number of hydrogen-bond acceptors (Lipinski definition) is 6. The Kier molecular flexibility index (Phi) is 5.32. The summed E-state index contributed by atoms with van der Waals surface area (Å²) in [5.74, 6) is -1.80. The molecule has 4 amide bonds. The summed E-state index contributed by atoms with van der Waals surface area (Å²) in [6, 6.07) is 5.68. The number of nitrogens with one attached hydrogen (secondary N) is 1. The van der Waals surface area contributed by atoms with Crippen molar-refractivity contribution in [1.29, 1.82) is 0 Å². The van der Waals surface area contributed by atoms with Crippen molar-refractivity contribution in [3.05, 3.63) is 24.3 Å². The fourth-order valence-electron chi connectivity index (χ4n) is 3.04. The predicted octanol–water partition coefficient (Wildman–Crippen LogP) is 1.53. The Labute approximate surface area is 151 Å². The highest BCUT2D eigenvalue weighted by Gasteiger charge is 2.42. The van der Waals surface area contributed by atoms with E-state index in [0.29, 0.717) is 30.3 Å². The molecule has 0 aromatic heterocycles. The molecule has 1 unspecified atom stereocenters. The molecule has 2 aliphatic heterocycles. The van der Waals surface area contributed by atoms with E-state index in [2.05, 4.69) is 10.3 Å². The summed E-state index contributed by atoms with van der Waals surface area (Å²) >= 11 is 0. The number of aliphatic imine (C=N–C) groups is 1. The maximum atomic E-state index is 12.8. The molecule has 0 radical (unpaired) electrons. The number of methoxy groups -OCH3 is 1. The Bertz CT molecular complexity index is 738. The van der Waals surface area contributed by atoms with Crippen LogP contribution in [0.5, 0.6) is 5.75 Å². The minimum atomic E-state index is -1.13. The zero-order valence-electron chi connectivity index (χ0n) is 14.7. The van der Waals surface area contributed by atoms with Gasteiger partial charge in [0.25, 0.3) is 5.91 Å². The third kappa shape index (κ3) is 3.60. The molecule has 26 heavy (non-hydrogen) atoms. The van der Waals surface area contributed by atoms with E-state index in [1.807, 2.05) is 0 Å². The molecule has 0 aliphatic carbocycles. The summed E-state index contributed by atoms with van der Waals surface area (Å²) in [4.78, 5) is 42.6. The highest BCUT2D eigenvalue weighted by molar-refractivity contribution is 6.35. The van der Waals surface area contributed by atoms with Gasteiger partial charge in [0.05, 0.1) is 25.4 Å². The minimum Gasteiger partial charge on any atom is -0.497 e. The fourth-order valence-corrected chi connectivity index (χ4v) is 3.04. The Morgan fingerprint density at radius 1 is 1.31 bits per heavy atom. The van der Waals surface area contributed by atoms with E-state index >= 15 is 0 Å². The first-order valence-electron chi connectivity index (χ1n) is 8.46. The van der Waals surface area contributed by atoms with Crippen LogP contribution >= 0.6 is 0 Å². The van der Waals surface area contributed by atoms with E-state index in [1.54, 1.807) is 31.2 Å². The molecule has 0 bridgehead atoms. The molecule has 2 aliphatic rings. The second kappa shape index (κ2) is 7.65. The molecule has 2 heterocycles. The number of anilines is 1. The lowest BCUT2D eigenvalue weighted by Crippen LogP contribution is -2.60. The lowest BCUT2D eigenvalue weighted by Gasteiger charge is -2.30. The number of nitrogens with zero attached hydrogens (tertiary/aromatic N) is 2. The van der Waals surface area contributed by atoms with Gasteiger partial charge >= 0.3 is 6.03 Å². The number of benzene rings is 1. The van der Waals surface area contributed by atoms with Gasteiger partial charge in [-0.1, -0.05) is 0 Å². The summed E-state index contributed by atoms with van der Waals surface area (Å²) in [7, 11) is 1.52. The first-order chi connectivity index (χ1) is 12.5. The van der Waals surface area contributed by atoms with Crippen LogP contribution in [-0.2, 0) is 14.3 Å². The van der Waals surface area contributed by atoms with Crippen molar-refractivity contribution in [3.63, 3.8) is 0 Å². The van der Waals surface area contributed by atoms with E-state index in [0.717, 1.165) is 17.7 Å². The molecule has 1 N–H and O–H groups in total. The van der Waals surface area contributed by atoms with Gasteiger partial charge in [-0.25, -0.2) is 9.69 Å². The third-order valence-electron chi connectivity index (χ3n) is 4.48. The topological polar surface area (TPSA) is 97.3 Å². The summed E-state index contributed by atoms with van der Waals surface area (Å²) < 4.78 is 10.6. The van der Waals surface area contributed by atoms with Crippen molar-refractivity contribution in [2.75, 3.05) is 25.2 Å². The highest BCUT2D eigenvalue weighted by atomic mass is 16.5. The fraction of sp³-hybridized carbons (Fsp3) is 0.444. The quantitative estimate of drug-likeness (QED) is 0.635. The maximum Gasteiger partial charge on any atom is 0.335 e. The molecule has 1 aromatic rings. The Hall–Kier alpha value is -2.74. The number of carbonyl (C=O) groups is 3. The number of amides is 4. The zero-order chi connectivity index (χ0) is 18.7. The second-order valence-corrected chi connectivity index (χ2v) is 6.22. The Morgan fingerprint density at radius 2 is 2.04 bits per heavy atom. The van der Waals surface area contributed by atoms with Gasteiger partial charge < -0.3 is 9.47 Å². The van der Waals surface area contributed by atoms with Crippen LogP contribution in [0.4, 0.5) is 10.5 Å². The van der Waals surface area contributed by atoms with Gasteiger partial charge in [-0.05, 0) is 44.0 Å². The van der Waals surface area contributed by atoms with Crippen LogP contribution in [0, 0.1) is 5.92 Å². The van der Waals surface area contributed by atoms with Gasteiger partial charge in [0.15, 0.2) is 5.92 Å². The zero-order valence-corrected chi connectivity index (χ0v) is 14.7. The number of urea groups is 1. The Balaban J connectivity index is 1.81. The third-order valence-corrected chi connectivity index (χ3v) is 4.48. The van der Waals surface area contributed by atoms with E-state index in [4.69, 9.17) is 9.47 Å². The van der Waals surface area contributed by atoms with Gasteiger partial charge in [0.1, 0.15) is 5.75 Å². The van der Waals surface area contributed by atoms with E-state index in [9.17, 15) is 14.4 Å². The van der Waals surface area contributed by atoms with Gasteiger partial charge in [-0.2, -0.15) is 0 Å². The number of hydrogen-bond donors (Lipinski definition) is 1. The van der Waals surface area contributed by atoms with Crippen molar-refractivity contribution in [2.24, 2.45) is 10.9 Å². The van der Waals surface area contributed by atoms with Crippen molar-refractivity contribution in [2.45, 2.75) is 25.9 Å². The van der Waals surface area contributed by atoms with Gasteiger partial charge in [-0.3, -0.25) is 19.9 Å². The molecule has 0 spiro atoms. The molecule has 0 saturated carbocycles. The summed E-state index contributed by atoms with van der Waals surface area (Å²) in [5.41, 5.74) is 0.728. The number of rotatable bonds is 5. The normalized spacial score (nSPS) is 24.0. The average molecular weight is 359 g/mol. The molecule has 138 valence electrons. The highest BCUT2D eigenvalue weighted by Crippen LogP contribution is 2.24. The SMILES string of the molecule is COc1ccc(N2C(=O)NC(=O)C(C(C)=NC[C@@H]3CCCO3)C2=O)cc1. The monoisotopic (exact) mass is 359 g/mol. The smallest absolute Gasteiger partial charge is 0.335 e. The standard InChI is InChI=1S/C18H21N3O5/c1-11(19-10-14-4-3-9-26-14)15-16(22)20-18(24)21(17(15)23)12-5-7-13(25-2)8-6-12/h5-8,14-15H,3-4,9-10H2,1-2H3,(H,20,22,24)/t14-,15?/m0/s1. The van der Waals surface area contributed by atoms with Gasteiger partial charge in [0, 0.05) is 12.3 Å². The number of imide groups is 2. The minimum absolute atomic E-state index is 0.0195. The van der Waals surface area contributed by atoms with Crippen LogP contribution in [0.15, 0.2) is 29.3 Å². The first-order valence-corrected chi connectivity index (χ1v) is 8.46. The summed E-state index contributed by atoms with van der Waals surface area (Å²) in [5, 5.41) is 2.23. The lowest BCUT2D eigenvalue weighted by atomic mass is 9.99. The molecule has 8 nitrogen and oxygen atoms in total. The molecule has 2 atom stereocenters. The number of ether oxygens (including phenoxy) is 2. The van der Waals surface area contributed by atoms with Crippen LogP contribution in [-0.4, -0.2) is 49.9 Å². The molecule has 1 aromatic carbocycles. The summed E-state index contributed by atoms with van der Waals surface area (Å²) in [6.45, 7) is 2.74. The Morgan fingerprint density at radius 3 is 2.65 bits per heavy atom. The lowest BCUT2D eigenvalue weighted by molar-refractivity contribution is -0.131. The summed E-state index contributed by atoms with van der Waals surface area (Å²) in [6.07, 6.45) is 1.92. The van der Waals surface area contributed by atoms with E-state index in [-0.39, 0.29) is 6.10 Å². The number of carbonyl (C=O) groups excluding carboxylic acids is 3. The van der Waals surface area contributed by atoms with E-state index in [1.165, 1.54) is 7.11 Å². The molecule has 2 saturated heterocycles. The average Bonchev–Trinajstić information content (AvgIpc) is 3.13. The van der Waals surface area contributed by atoms with Crippen molar-refractivity contribution in [1.82, 2.24) is 5.32 Å². The predicted molar refractivity (Wildman–Crippen MR) is 94.5 cm³/mol.